The van der Waals surface area contributed by atoms with Gasteiger partial charge < -0.3 is 24.5 Å². The fourth-order valence-corrected chi connectivity index (χ4v) is 3.12. The zero-order valence-electron chi connectivity index (χ0n) is 15.9. The first kappa shape index (κ1) is 20.0. The molecule has 0 atom stereocenters. The van der Waals surface area contributed by atoms with E-state index >= 15 is 0 Å². The molecule has 0 bridgehead atoms. The molecule has 3 heterocycles. The maximum Gasteiger partial charge on any atom is 0.164 e. The molecule has 4 aromatic rings. The molecule has 154 valence electrons. The summed E-state index contributed by atoms with van der Waals surface area (Å²) in [6.45, 7) is 1.39. The van der Waals surface area contributed by atoms with Crippen molar-refractivity contribution in [1.82, 2.24) is 24.5 Å². The fraction of sp³-hybridized carbons (Fsp3) is 0.200. The van der Waals surface area contributed by atoms with Crippen LogP contribution in [-0.2, 0) is 11.3 Å². The van der Waals surface area contributed by atoms with E-state index in [4.69, 9.17) is 26.2 Å². The van der Waals surface area contributed by atoms with E-state index in [9.17, 15) is 0 Å². The third-order valence-electron chi connectivity index (χ3n) is 4.22. The molecule has 0 aliphatic carbocycles. The monoisotopic (exact) mass is 426 g/mol. The molecule has 0 fully saturated rings. The minimum atomic E-state index is 0.000108. The van der Waals surface area contributed by atoms with Crippen molar-refractivity contribution in [2.24, 2.45) is 0 Å². The smallest absolute Gasteiger partial charge is 0.164 e. The van der Waals surface area contributed by atoms with Crippen LogP contribution in [0.15, 0.2) is 55.5 Å². The highest BCUT2D eigenvalue weighted by Gasteiger charge is 2.11. The number of halogens is 1. The predicted molar refractivity (Wildman–Crippen MR) is 112 cm³/mol. The van der Waals surface area contributed by atoms with Gasteiger partial charge in [0.15, 0.2) is 11.6 Å². The number of benzene rings is 1. The number of fused-ring (bicyclic) bond motifs is 1. The first-order valence-corrected chi connectivity index (χ1v) is 9.60. The lowest BCUT2D eigenvalue weighted by Crippen LogP contribution is -2.09. The van der Waals surface area contributed by atoms with Gasteiger partial charge in [0.05, 0.1) is 42.8 Å². The van der Waals surface area contributed by atoms with Crippen molar-refractivity contribution in [3.05, 3.63) is 60.5 Å². The lowest BCUT2D eigenvalue weighted by molar-refractivity contribution is 0.0875. The lowest BCUT2D eigenvalue weighted by atomic mass is 10.3. The second-order valence-electron chi connectivity index (χ2n) is 6.25. The van der Waals surface area contributed by atoms with E-state index in [1.165, 1.54) is 12.7 Å². The Morgan fingerprint density at radius 3 is 2.73 bits per heavy atom. The molecule has 3 aromatic heterocycles. The van der Waals surface area contributed by atoms with Crippen LogP contribution in [0.1, 0.15) is 0 Å². The van der Waals surface area contributed by atoms with Crippen LogP contribution in [0.25, 0.3) is 11.0 Å². The molecule has 30 heavy (non-hydrogen) atoms. The van der Waals surface area contributed by atoms with Crippen LogP contribution in [0.2, 0.25) is 5.02 Å². The summed E-state index contributed by atoms with van der Waals surface area (Å²) < 4.78 is 13.1. The molecule has 0 saturated carbocycles. The van der Waals surface area contributed by atoms with Crippen LogP contribution in [-0.4, -0.2) is 49.4 Å². The van der Waals surface area contributed by atoms with Crippen molar-refractivity contribution in [2.45, 2.75) is 6.54 Å². The Balaban J connectivity index is 1.53. The van der Waals surface area contributed by atoms with E-state index < -0.39 is 0 Å². The summed E-state index contributed by atoms with van der Waals surface area (Å²) in [5.41, 5.74) is 2.41. The number of hydrogen-bond acceptors (Lipinski definition) is 8. The van der Waals surface area contributed by atoms with Gasteiger partial charge in [-0.15, -0.1) is 0 Å². The van der Waals surface area contributed by atoms with Crippen molar-refractivity contribution in [3.8, 4) is 11.5 Å². The Kier molecular flexibility index (Phi) is 6.33. The molecule has 4 rings (SSSR count). The van der Waals surface area contributed by atoms with Gasteiger partial charge in [0.25, 0.3) is 0 Å². The molecule has 10 heteroatoms. The topological polar surface area (TPSA) is 107 Å². The minimum Gasteiger partial charge on any atom is -0.453 e. The van der Waals surface area contributed by atoms with Gasteiger partial charge in [-0.2, -0.15) is 0 Å². The molecule has 0 amide bonds. The summed E-state index contributed by atoms with van der Waals surface area (Å²) >= 11 is 6.39. The van der Waals surface area contributed by atoms with Gasteiger partial charge in [0.2, 0.25) is 0 Å². The number of nitrogens with zero attached hydrogens (tertiary/aromatic N) is 5. The first-order valence-electron chi connectivity index (χ1n) is 9.22. The van der Waals surface area contributed by atoms with Crippen LogP contribution in [0, 0.1) is 0 Å². The standard InChI is InChI=1S/C20H19ClN6O3/c21-16-9-14(1-2-18(16)30-15-10-22-12-23-11-15)26-20-19-17(24-13-25-20)3-4-27(19)5-7-29-8-6-28/h1-4,9-13,28H,5-8H2,(H,24,25,26). The highest BCUT2D eigenvalue weighted by atomic mass is 35.5. The van der Waals surface area contributed by atoms with Crippen LogP contribution in [0.5, 0.6) is 11.5 Å². The molecule has 0 unspecified atom stereocenters. The molecule has 2 N–H and O–H groups in total. The quantitative estimate of drug-likeness (QED) is 0.392. The Bertz CT molecular complexity index is 1120. The Labute approximate surface area is 177 Å². The zero-order valence-corrected chi connectivity index (χ0v) is 16.7. The number of anilines is 2. The van der Waals surface area contributed by atoms with Gasteiger partial charge in [-0.05, 0) is 24.3 Å². The summed E-state index contributed by atoms with van der Waals surface area (Å²) in [5, 5.41) is 12.6. The largest absolute Gasteiger partial charge is 0.453 e. The summed E-state index contributed by atoms with van der Waals surface area (Å²) in [5.74, 6) is 1.64. The normalized spacial score (nSPS) is 11.0. The van der Waals surface area contributed by atoms with Crippen LogP contribution < -0.4 is 10.1 Å². The number of aliphatic hydroxyl groups excluding tert-OH is 1. The second-order valence-corrected chi connectivity index (χ2v) is 6.65. The summed E-state index contributed by atoms with van der Waals surface area (Å²) in [6.07, 6.45) is 7.99. The van der Waals surface area contributed by atoms with Gasteiger partial charge in [0, 0.05) is 18.4 Å². The van der Waals surface area contributed by atoms with Crippen molar-refractivity contribution in [3.63, 3.8) is 0 Å². The van der Waals surface area contributed by atoms with Crippen molar-refractivity contribution in [2.75, 3.05) is 25.1 Å². The number of aromatic nitrogens is 5. The second kappa shape index (κ2) is 9.49. The molecule has 9 nitrogen and oxygen atoms in total. The Morgan fingerprint density at radius 2 is 1.93 bits per heavy atom. The molecular weight excluding hydrogens is 408 g/mol. The maximum absolute atomic E-state index is 8.84. The number of nitrogens with one attached hydrogen (secondary N) is 1. The number of hydrogen-bond donors (Lipinski definition) is 2. The molecule has 0 spiro atoms. The summed E-state index contributed by atoms with van der Waals surface area (Å²) in [6, 6.07) is 7.28. The predicted octanol–water partition coefficient (Wildman–Crippen LogP) is 3.42. The first-order chi connectivity index (χ1) is 14.7. The molecule has 1 aromatic carbocycles. The number of ether oxygens (including phenoxy) is 2. The summed E-state index contributed by atoms with van der Waals surface area (Å²) in [4.78, 5) is 16.5. The molecule has 0 aliphatic rings. The van der Waals surface area contributed by atoms with Crippen LogP contribution in [0.3, 0.4) is 0 Å². The van der Waals surface area contributed by atoms with E-state index in [1.807, 2.05) is 22.9 Å². The van der Waals surface area contributed by atoms with E-state index in [-0.39, 0.29) is 6.61 Å². The van der Waals surface area contributed by atoms with Gasteiger partial charge >= 0.3 is 0 Å². The van der Waals surface area contributed by atoms with Gasteiger partial charge in [-0.3, -0.25) is 0 Å². The fourth-order valence-electron chi connectivity index (χ4n) is 2.90. The minimum absolute atomic E-state index is 0.000108. The Hall–Kier alpha value is -3.27. The van der Waals surface area contributed by atoms with Crippen LogP contribution in [0.4, 0.5) is 11.5 Å². The van der Waals surface area contributed by atoms with Gasteiger partial charge in [-0.1, -0.05) is 11.6 Å². The lowest BCUT2D eigenvalue weighted by Gasteiger charge is -2.12. The summed E-state index contributed by atoms with van der Waals surface area (Å²) in [7, 11) is 0. The SMILES string of the molecule is OCCOCCn1ccc2ncnc(Nc3ccc(Oc4cncnc4)c(Cl)c3)c21. The van der Waals surface area contributed by atoms with Crippen LogP contribution >= 0.6 is 11.6 Å². The van der Waals surface area contributed by atoms with E-state index in [0.717, 1.165) is 16.7 Å². The average molecular weight is 427 g/mol. The average Bonchev–Trinajstić information content (AvgIpc) is 3.18. The third kappa shape index (κ3) is 4.65. The highest BCUT2D eigenvalue weighted by molar-refractivity contribution is 6.32. The highest BCUT2D eigenvalue weighted by Crippen LogP contribution is 2.33. The van der Waals surface area contributed by atoms with Crippen molar-refractivity contribution < 1.29 is 14.6 Å². The molecule has 0 radical (unpaired) electrons. The third-order valence-corrected chi connectivity index (χ3v) is 4.52. The van der Waals surface area contributed by atoms with Crippen molar-refractivity contribution >= 4 is 34.1 Å². The van der Waals surface area contributed by atoms with E-state index in [1.54, 1.807) is 24.5 Å². The number of aliphatic hydroxyl groups is 1. The Morgan fingerprint density at radius 1 is 1.07 bits per heavy atom. The van der Waals surface area contributed by atoms with Gasteiger partial charge in [0.1, 0.15) is 23.9 Å². The maximum atomic E-state index is 8.84. The van der Waals surface area contributed by atoms with E-state index in [0.29, 0.717) is 42.1 Å². The number of rotatable bonds is 9. The van der Waals surface area contributed by atoms with Gasteiger partial charge in [-0.25, -0.2) is 19.9 Å². The molecule has 0 saturated heterocycles. The zero-order chi connectivity index (χ0) is 20.8. The molecular formula is C20H19ClN6O3. The molecule has 0 aliphatic heterocycles. The van der Waals surface area contributed by atoms with E-state index in [2.05, 4.69) is 25.3 Å². The van der Waals surface area contributed by atoms with Crippen molar-refractivity contribution in [1.29, 1.82) is 0 Å².